The van der Waals surface area contributed by atoms with Gasteiger partial charge in [0.2, 0.25) is 0 Å². The molecule has 4 rings (SSSR count). The summed E-state index contributed by atoms with van der Waals surface area (Å²) in [7, 11) is 1.60. The Morgan fingerprint density at radius 3 is 2.47 bits per heavy atom. The van der Waals surface area contributed by atoms with Crippen molar-refractivity contribution in [2.75, 3.05) is 13.7 Å². The molecule has 152 valence electrons. The monoisotopic (exact) mass is 405 g/mol. The quantitative estimate of drug-likeness (QED) is 0.442. The maximum Gasteiger partial charge on any atom is 0.338 e. The molecule has 0 bridgehead atoms. The highest BCUT2D eigenvalue weighted by atomic mass is 16.5. The summed E-state index contributed by atoms with van der Waals surface area (Å²) in [6.07, 6.45) is 2.03. The Bertz CT molecular complexity index is 1090. The van der Waals surface area contributed by atoms with Gasteiger partial charge in [-0.25, -0.2) is 4.79 Å². The summed E-state index contributed by atoms with van der Waals surface area (Å²) in [6, 6.07) is 15.3. The van der Waals surface area contributed by atoms with Gasteiger partial charge in [-0.05, 0) is 48.0 Å². The summed E-state index contributed by atoms with van der Waals surface area (Å²) >= 11 is 0. The number of amides is 2. The van der Waals surface area contributed by atoms with Crippen LogP contribution >= 0.6 is 0 Å². The van der Waals surface area contributed by atoms with E-state index < -0.39 is 17.8 Å². The molecule has 0 saturated carbocycles. The molecular formula is C23H19NO6. The fraction of sp³-hybridized carbons (Fsp3) is 0.174. The van der Waals surface area contributed by atoms with Gasteiger partial charge in [0.05, 0.1) is 43.2 Å². The van der Waals surface area contributed by atoms with Crippen molar-refractivity contribution in [3.05, 3.63) is 88.9 Å². The lowest BCUT2D eigenvalue weighted by molar-refractivity contribution is 0.0508. The summed E-state index contributed by atoms with van der Waals surface area (Å²) in [4.78, 5) is 38.7. The summed E-state index contributed by atoms with van der Waals surface area (Å²) in [5.41, 5.74) is 1.69. The number of nitrogens with zero attached hydrogens (tertiary/aromatic N) is 1. The van der Waals surface area contributed by atoms with E-state index in [1.807, 2.05) is 24.3 Å². The predicted octanol–water partition coefficient (Wildman–Crippen LogP) is 3.48. The molecule has 7 heteroatoms. The first kappa shape index (κ1) is 19.4. The van der Waals surface area contributed by atoms with Gasteiger partial charge in [0, 0.05) is 6.42 Å². The highest BCUT2D eigenvalue weighted by Gasteiger charge is 2.36. The summed E-state index contributed by atoms with van der Waals surface area (Å²) < 4.78 is 15.7. The average Bonchev–Trinajstić information content (AvgIpc) is 3.37. The molecule has 0 unspecified atom stereocenters. The number of carbonyl (C=O) groups excluding carboxylic acids is 3. The van der Waals surface area contributed by atoms with Gasteiger partial charge in [-0.15, -0.1) is 0 Å². The minimum atomic E-state index is -0.545. The minimum Gasteiger partial charge on any atom is -0.497 e. The first-order valence-electron chi connectivity index (χ1n) is 9.39. The first-order chi connectivity index (χ1) is 14.6. The Morgan fingerprint density at radius 1 is 1.00 bits per heavy atom. The number of methoxy groups -OCH3 is 1. The minimum absolute atomic E-state index is 0.0426. The molecule has 1 aromatic heterocycles. The Morgan fingerprint density at radius 2 is 1.77 bits per heavy atom. The number of ether oxygens (including phenoxy) is 2. The molecule has 1 aliphatic heterocycles. The predicted molar refractivity (Wildman–Crippen MR) is 106 cm³/mol. The largest absolute Gasteiger partial charge is 0.497 e. The van der Waals surface area contributed by atoms with Crippen molar-refractivity contribution in [2.45, 2.75) is 13.0 Å². The van der Waals surface area contributed by atoms with E-state index in [4.69, 9.17) is 13.9 Å². The van der Waals surface area contributed by atoms with Gasteiger partial charge < -0.3 is 13.9 Å². The van der Waals surface area contributed by atoms with E-state index in [1.165, 1.54) is 24.5 Å². The molecule has 2 amide bonds. The standard InChI is InChI=1S/C23H19NO6/c1-28-17-7-4-15(5-8-17)10-12-30-23(27)16-6-9-19-20(13-16)22(26)24(21(19)25)14-18-3-2-11-29-18/h2-9,11,13H,10,12,14H2,1H3. The third-order valence-corrected chi connectivity index (χ3v) is 4.88. The topological polar surface area (TPSA) is 86.1 Å². The molecule has 0 spiro atoms. The number of furan rings is 1. The zero-order valence-electron chi connectivity index (χ0n) is 16.3. The van der Waals surface area contributed by atoms with Gasteiger partial charge >= 0.3 is 5.97 Å². The zero-order valence-corrected chi connectivity index (χ0v) is 16.3. The number of rotatable bonds is 7. The molecule has 0 aliphatic carbocycles. The molecule has 0 fully saturated rings. The van der Waals surface area contributed by atoms with E-state index in [2.05, 4.69) is 0 Å². The molecule has 0 radical (unpaired) electrons. The van der Waals surface area contributed by atoms with Crippen molar-refractivity contribution >= 4 is 17.8 Å². The third-order valence-electron chi connectivity index (χ3n) is 4.88. The van der Waals surface area contributed by atoms with Crippen LogP contribution in [-0.2, 0) is 17.7 Å². The van der Waals surface area contributed by atoms with Crippen molar-refractivity contribution < 1.29 is 28.3 Å². The maximum atomic E-state index is 12.7. The number of carbonyl (C=O) groups is 3. The molecule has 30 heavy (non-hydrogen) atoms. The van der Waals surface area contributed by atoms with E-state index in [1.54, 1.807) is 19.2 Å². The summed E-state index contributed by atoms with van der Waals surface area (Å²) in [5, 5.41) is 0. The van der Waals surface area contributed by atoms with Gasteiger partial charge in [0.1, 0.15) is 11.5 Å². The molecule has 1 aliphatic rings. The lowest BCUT2D eigenvalue weighted by Gasteiger charge is -2.11. The summed E-state index contributed by atoms with van der Waals surface area (Å²) in [5.74, 6) is -0.155. The fourth-order valence-corrected chi connectivity index (χ4v) is 3.26. The van der Waals surface area contributed by atoms with Crippen molar-refractivity contribution in [2.24, 2.45) is 0 Å². The highest BCUT2D eigenvalue weighted by Crippen LogP contribution is 2.26. The van der Waals surface area contributed by atoms with Gasteiger partial charge in [0.15, 0.2) is 0 Å². The molecule has 2 aromatic carbocycles. The van der Waals surface area contributed by atoms with E-state index in [0.29, 0.717) is 12.2 Å². The molecule has 2 heterocycles. The smallest absolute Gasteiger partial charge is 0.338 e. The van der Waals surface area contributed by atoms with E-state index in [9.17, 15) is 14.4 Å². The lowest BCUT2D eigenvalue weighted by Crippen LogP contribution is -2.28. The van der Waals surface area contributed by atoms with Crippen LogP contribution < -0.4 is 4.74 Å². The van der Waals surface area contributed by atoms with Crippen LogP contribution in [0.15, 0.2) is 65.3 Å². The summed E-state index contributed by atoms with van der Waals surface area (Å²) in [6.45, 7) is 0.237. The van der Waals surface area contributed by atoms with Crippen LogP contribution in [0.1, 0.15) is 42.4 Å². The van der Waals surface area contributed by atoms with Crippen molar-refractivity contribution in [1.29, 1.82) is 0 Å². The normalized spacial score (nSPS) is 12.8. The number of hydrogen-bond acceptors (Lipinski definition) is 6. The lowest BCUT2D eigenvalue weighted by atomic mass is 10.1. The fourth-order valence-electron chi connectivity index (χ4n) is 3.26. The first-order valence-corrected chi connectivity index (χ1v) is 9.39. The molecule has 3 aromatic rings. The zero-order chi connectivity index (χ0) is 21.1. The van der Waals surface area contributed by atoms with Crippen LogP contribution in [0.4, 0.5) is 0 Å². The van der Waals surface area contributed by atoms with Gasteiger partial charge in [-0.2, -0.15) is 0 Å². The van der Waals surface area contributed by atoms with E-state index in [0.717, 1.165) is 16.2 Å². The SMILES string of the molecule is COc1ccc(CCOC(=O)c2ccc3c(c2)C(=O)N(Cc2ccco2)C3=O)cc1. The number of fused-ring (bicyclic) bond motifs is 1. The Balaban J connectivity index is 1.40. The third kappa shape index (κ3) is 3.82. The van der Waals surface area contributed by atoms with Gasteiger partial charge in [-0.1, -0.05) is 12.1 Å². The van der Waals surface area contributed by atoms with Gasteiger partial charge in [-0.3, -0.25) is 14.5 Å². The Hall–Kier alpha value is -3.87. The van der Waals surface area contributed by atoms with Crippen LogP contribution in [0.5, 0.6) is 5.75 Å². The molecular weight excluding hydrogens is 386 g/mol. The molecule has 0 atom stereocenters. The molecule has 7 nitrogen and oxygen atoms in total. The Labute approximate surface area is 172 Å². The van der Waals surface area contributed by atoms with E-state index >= 15 is 0 Å². The highest BCUT2D eigenvalue weighted by molar-refractivity contribution is 6.21. The van der Waals surface area contributed by atoms with Crippen LogP contribution in [0.3, 0.4) is 0 Å². The van der Waals surface area contributed by atoms with Crippen LogP contribution in [0, 0.1) is 0 Å². The number of esters is 1. The van der Waals surface area contributed by atoms with E-state index in [-0.39, 0.29) is 29.8 Å². The Kier molecular flexibility index (Phi) is 5.34. The maximum absolute atomic E-state index is 12.7. The second-order valence-electron chi connectivity index (χ2n) is 6.77. The van der Waals surface area contributed by atoms with Crippen molar-refractivity contribution in [1.82, 2.24) is 4.90 Å². The second kappa shape index (κ2) is 8.24. The number of hydrogen-bond donors (Lipinski definition) is 0. The van der Waals surface area contributed by atoms with Crippen LogP contribution in [0.2, 0.25) is 0 Å². The second-order valence-corrected chi connectivity index (χ2v) is 6.77. The van der Waals surface area contributed by atoms with Crippen molar-refractivity contribution in [3.8, 4) is 5.75 Å². The van der Waals surface area contributed by atoms with Crippen molar-refractivity contribution in [3.63, 3.8) is 0 Å². The van der Waals surface area contributed by atoms with Gasteiger partial charge in [0.25, 0.3) is 11.8 Å². The number of benzene rings is 2. The molecule has 0 N–H and O–H groups in total. The molecule has 0 saturated heterocycles. The van der Waals surface area contributed by atoms with Crippen LogP contribution in [0.25, 0.3) is 0 Å². The average molecular weight is 405 g/mol. The number of imide groups is 1. The van der Waals surface area contributed by atoms with Crippen LogP contribution in [-0.4, -0.2) is 36.4 Å².